The Kier molecular flexibility index (Phi) is 4.73. The number of ether oxygens (including phenoxy) is 1. The van der Waals surface area contributed by atoms with Crippen molar-refractivity contribution in [1.29, 1.82) is 0 Å². The van der Waals surface area contributed by atoms with E-state index in [0.29, 0.717) is 5.41 Å². The van der Waals surface area contributed by atoms with Gasteiger partial charge in [0.05, 0.1) is 0 Å². The van der Waals surface area contributed by atoms with Crippen LogP contribution in [-0.4, -0.2) is 67.5 Å². The van der Waals surface area contributed by atoms with Gasteiger partial charge >= 0.3 is 0 Å². The SMILES string of the molecule is SCC1(CN2CCN3CCCCC3C2)CCOCC1. The number of piperidine rings is 1. The van der Waals surface area contributed by atoms with Crippen molar-refractivity contribution in [3.05, 3.63) is 0 Å². The molecule has 0 radical (unpaired) electrons. The summed E-state index contributed by atoms with van der Waals surface area (Å²) in [6.45, 7) is 8.27. The Morgan fingerprint density at radius 1 is 1.11 bits per heavy atom. The van der Waals surface area contributed by atoms with E-state index in [1.165, 1.54) is 64.8 Å². The van der Waals surface area contributed by atoms with E-state index in [4.69, 9.17) is 4.74 Å². The monoisotopic (exact) mass is 284 g/mol. The lowest BCUT2D eigenvalue weighted by Gasteiger charge is -2.47. The molecule has 3 saturated heterocycles. The van der Waals surface area contributed by atoms with Crippen LogP contribution < -0.4 is 0 Å². The van der Waals surface area contributed by atoms with Crippen LogP contribution in [-0.2, 0) is 4.74 Å². The van der Waals surface area contributed by atoms with Crippen LogP contribution in [0.25, 0.3) is 0 Å². The Bertz CT molecular complexity index is 294. The van der Waals surface area contributed by atoms with Gasteiger partial charge in [0.2, 0.25) is 0 Å². The van der Waals surface area contributed by atoms with Gasteiger partial charge in [0.25, 0.3) is 0 Å². The second-order valence-corrected chi connectivity index (χ2v) is 7.01. The molecule has 0 aromatic rings. The zero-order chi connectivity index (χ0) is 13.1. The zero-order valence-electron chi connectivity index (χ0n) is 12.0. The van der Waals surface area contributed by atoms with Gasteiger partial charge in [0.1, 0.15) is 0 Å². The molecule has 4 heteroatoms. The van der Waals surface area contributed by atoms with Gasteiger partial charge in [-0.25, -0.2) is 0 Å². The molecule has 0 bridgehead atoms. The molecule has 0 amide bonds. The molecule has 110 valence electrons. The molecular weight excluding hydrogens is 256 g/mol. The Labute approximate surface area is 123 Å². The minimum absolute atomic E-state index is 0.415. The van der Waals surface area contributed by atoms with Crippen LogP contribution in [0.1, 0.15) is 32.1 Å². The average Bonchev–Trinajstić information content (AvgIpc) is 2.48. The van der Waals surface area contributed by atoms with Crippen molar-refractivity contribution in [2.75, 3.05) is 51.7 Å². The van der Waals surface area contributed by atoms with Crippen LogP contribution in [0.5, 0.6) is 0 Å². The number of thiol groups is 1. The molecule has 0 N–H and O–H groups in total. The third-order valence-corrected chi connectivity index (χ3v) is 6.04. The van der Waals surface area contributed by atoms with Crippen LogP contribution in [0.2, 0.25) is 0 Å². The molecule has 0 spiro atoms. The lowest BCUT2D eigenvalue weighted by atomic mass is 9.81. The minimum atomic E-state index is 0.415. The summed E-state index contributed by atoms with van der Waals surface area (Å²) in [7, 11) is 0. The molecule has 0 aliphatic carbocycles. The van der Waals surface area contributed by atoms with E-state index in [1.807, 2.05) is 0 Å². The largest absolute Gasteiger partial charge is 0.381 e. The highest BCUT2D eigenvalue weighted by Gasteiger charge is 2.36. The molecule has 3 fully saturated rings. The van der Waals surface area contributed by atoms with Crippen molar-refractivity contribution in [3.8, 4) is 0 Å². The van der Waals surface area contributed by atoms with E-state index in [-0.39, 0.29) is 0 Å². The van der Waals surface area contributed by atoms with Gasteiger partial charge in [-0.05, 0) is 43.4 Å². The number of rotatable bonds is 3. The Balaban J connectivity index is 1.57. The van der Waals surface area contributed by atoms with Crippen LogP contribution >= 0.6 is 12.6 Å². The molecular formula is C15H28N2OS. The first-order chi connectivity index (χ1) is 9.31. The summed E-state index contributed by atoms with van der Waals surface area (Å²) in [4.78, 5) is 5.44. The van der Waals surface area contributed by atoms with E-state index >= 15 is 0 Å². The lowest BCUT2D eigenvalue weighted by molar-refractivity contribution is -0.0157. The molecule has 19 heavy (non-hydrogen) atoms. The molecule has 3 nitrogen and oxygen atoms in total. The summed E-state index contributed by atoms with van der Waals surface area (Å²) in [5, 5.41) is 0. The van der Waals surface area contributed by atoms with Gasteiger partial charge < -0.3 is 4.74 Å². The highest BCUT2D eigenvalue weighted by Crippen LogP contribution is 2.34. The van der Waals surface area contributed by atoms with Crippen molar-refractivity contribution in [2.45, 2.75) is 38.1 Å². The zero-order valence-corrected chi connectivity index (χ0v) is 12.9. The second-order valence-electron chi connectivity index (χ2n) is 6.69. The number of hydrogen-bond acceptors (Lipinski definition) is 4. The molecule has 1 unspecified atom stereocenters. The summed E-state index contributed by atoms with van der Waals surface area (Å²) in [6.07, 6.45) is 6.64. The second kappa shape index (κ2) is 6.33. The molecule has 0 aromatic heterocycles. The Morgan fingerprint density at radius 2 is 1.95 bits per heavy atom. The maximum atomic E-state index is 5.54. The maximum Gasteiger partial charge on any atom is 0.0472 e. The Morgan fingerprint density at radius 3 is 2.74 bits per heavy atom. The fourth-order valence-electron chi connectivity index (χ4n) is 4.01. The van der Waals surface area contributed by atoms with Crippen LogP contribution in [0.4, 0.5) is 0 Å². The van der Waals surface area contributed by atoms with Crippen molar-refractivity contribution < 1.29 is 4.74 Å². The predicted molar refractivity (Wildman–Crippen MR) is 82.0 cm³/mol. The maximum absolute atomic E-state index is 5.54. The minimum Gasteiger partial charge on any atom is -0.381 e. The van der Waals surface area contributed by atoms with Crippen molar-refractivity contribution in [1.82, 2.24) is 9.80 Å². The van der Waals surface area contributed by atoms with E-state index in [9.17, 15) is 0 Å². The third-order valence-electron chi connectivity index (χ3n) is 5.37. The van der Waals surface area contributed by atoms with E-state index < -0.39 is 0 Å². The summed E-state index contributed by atoms with van der Waals surface area (Å²) < 4.78 is 5.54. The summed E-state index contributed by atoms with van der Waals surface area (Å²) >= 11 is 4.65. The first-order valence-electron chi connectivity index (χ1n) is 7.96. The number of piperazine rings is 1. The lowest BCUT2D eigenvalue weighted by Crippen LogP contribution is -2.57. The number of fused-ring (bicyclic) bond motifs is 1. The normalized spacial score (nSPS) is 33.0. The quantitative estimate of drug-likeness (QED) is 0.797. The number of nitrogens with zero attached hydrogens (tertiary/aromatic N) is 2. The van der Waals surface area contributed by atoms with Crippen LogP contribution in [0, 0.1) is 5.41 Å². The van der Waals surface area contributed by atoms with Gasteiger partial charge in [-0.15, -0.1) is 0 Å². The molecule has 3 aliphatic heterocycles. The van der Waals surface area contributed by atoms with Crippen LogP contribution in [0.15, 0.2) is 0 Å². The summed E-state index contributed by atoms with van der Waals surface area (Å²) in [5.41, 5.74) is 0.415. The van der Waals surface area contributed by atoms with Crippen molar-refractivity contribution >= 4 is 12.6 Å². The van der Waals surface area contributed by atoms with Gasteiger partial charge in [-0.3, -0.25) is 9.80 Å². The van der Waals surface area contributed by atoms with Crippen LogP contribution in [0.3, 0.4) is 0 Å². The van der Waals surface area contributed by atoms with Crippen molar-refractivity contribution in [3.63, 3.8) is 0 Å². The standard InChI is InChI=1S/C15H28N2OS/c19-13-15(4-9-18-10-5-15)12-16-7-8-17-6-2-1-3-14(17)11-16/h14,19H,1-13H2. The average molecular weight is 284 g/mol. The van der Waals surface area contributed by atoms with Gasteiger partial charge in [-0.2, -0.15) is 12.6 Å². The van der Waals surface area contributed by atoms with Crippen molar-refractivity contribution in [2.24, 2.45) is 5.41 Å². The first-order valence-corrected chi connectivity index (χ1v) is 8.60. The highest BCUT2D eigenvalue weighted by atomic mass is 32.1. The molecule has 1 atom stereocenters. The molecule has 3 rings (SSSR count). The first kappa shape index (κ1) is 14.2. The number of hydrogen-bond donors (Lipinski definition) is 1. The fraction of sp³-hybridized carbons (Fsp3) is 1.00. The molecule has 0 saturated carbocycles. The topological polar surface area (TPSA) is 15.7 Å². The third kappa shape index (κ3) is 3.29. The molecule has 3 aliphatic rings. The predicted octanol–water partition coefficient (Wildman–Crippen LogP) is 1.88. The summed E-state index contributed by atoms with van der Waals surface area (Å²) in [5.74, 6) is 1.02. The highest BCUT2D eigenvalue weighted by molar-refractivity contribution is 7.80. The van der Waals surface area contributed by atoms with Gasteiger partial charge in [0.15, 0.2) is 0 Å². The van der Waals surface area contributed by atoms with Gasteiger partial charge in [0, 0.05) is 45.4 Å². The summed E-state index contributed by atoms with van der Waals surface area (Å²) in [6, 6.07) is 0.833. The van der Waals surface area contributed by atoms with E-state index in [2.05, 4.69) is 22.4 Å². The molecule has 0 aromatic carbocycles. The molecule has 3 heterocycles. The Hall–Kier alpha value is 0.230. The van der Waals surface area contributed by atoms with E-state index in [0.717, 1.165) is 25.0 Å². The van der Waals surface area contributed by atoms with Gasteiger partial charge in [-0.1, -0.05) is 6.42 Å². The smallest absolute Gasteiger partial charge is 0.0472 e. The fourth-order valence-corrected chi connectivity index (χ4v) is 4.43. The van der Waals surface area contributed by atoms with E-state index in [1.54, 1.807) is 0 Å².